The maximum absolute atomic E-state index is 13.0. The van der Waals surface area contributed by atoms with Crippen molar-refractivity contribution in [3.63, 3.8) is 0 Å². The first-order valence-corrected chi connectivity index (χ1v) is 31.1. The minimum Gasteiger partial charge on any atom is -0.487 e. The lowest BCUT2D eigenvalue weighted by Crippen LogP contribution is -2.41. The van der Waals surface area contributed by atoms with Crippen LogP contribution in [0.25, 0.3) is 24.3 Å². The van der Waals surface area contributed by atoms with Crippen LogP contribution in [-0.2, 0) is 52.6 Å². The van der Waals surface area contributed by atoms with E-state index in [0.29, 0.717) is 68.0 Å². The third kappa shape index (κ3) is 18.7. The number of allylic oxidation sites excluding steroid dienone is 4. The number of nitrogens with zero attached hydrogens (tertiary/aromatic N) is 12. The van der Waals surface area contributed by atoms with Gasteiger partial charge < -0.3 is 18.9 Å². The van der Waals surface area contributed by atoms with Gasteiger partial charge in [-0.05, 0) is 144 Å². The van der Waals surface area contributed by atoms with Crippen LogP contribution in [0.5, 0.6) is 23.0 Å². The Bertz CT molecular complexity index is 4100. The largest absolute Gasteiger partial charge is 0.487 e. The summed E-state index contributed by atoms with van der Waals surface area (Å²) in [6.45, 7) is 1.10. The summed E-state index contributed by atoms with van der Waals surface area (Å²) in [5.41, 5.74) is 6.94. The molecule has 0 saturated heterocycles. The number of benzene rings is 8. The zero-order valence-corrected chi connectivity index (χ0v) is 52.5. The van der Waals surface area contributed by atoms with Crippen molar-refractivity contribution >= 4 is 47.4 Å². The second kappa shape index (κ2) is 31.7. The number of hydrogen-bond acceptors (Lipinski definition) is 16. The molecule has 4 heterocycles. The molecule has 12 aromatic rings. The zero-order chi connectivity index (χ0) is 66.4. The Balaban J connectivity index is 0.781. The van der Waals surface area contributed by atoms with Gasteiger partial charge in [0.2, 0.25) is 0 Å². The monoisotopic (exact) mass is 1280 g/mol. The van der Waals surface area contributed by atoms with Crippen LogP contribution < -0.4 is 18.9 Å². The molecule has 0 bridgehead atoms. The Hall–Kier alpha value is -12.8. The number of carbonyl (C=O) groups is 4. The molecule has 0 unspecified atom stereocenters. The number of hydrogen-bond donors (Lipinski definition) is 0. The van der Waals surface area contributed by atoms with E-state index in [1.807, 2.05) is 121 Å². The summed E-state index contributed by atoms with van der Waals surface area (Å²) in [5, 5.41) is 36.5. The van der Waals surface area contributed by atoms with Gasteiger partial charge in [-0.1, -0.05) is 166 Å². The number of rotatable bonds is 32. The quantitative estimate of drug-likeness (QED) is 0.0282. The average molecular weight is 1290 g/mol. The van der Waals surface area contributed by atoms with Crippen molar-refractivity contribution < 1.29 is 38.1 Å². The molecule has 480 valence electrons. The maximum Gasteiger partial charge on any atom is 0.185 e. The van der Waals surface area contributed by atoms with Crippen LogP contribution in [0.4, 0.5) is 0 Å². The molecule has 97 heavy (non-hydrogen) atoms. The molecular formula is C77H64N12O8. The van der Waals surface area contributed by atoms with Crippen LogP contribution in [0.3, 0.4) is 0 Å². The van der Waals surface area contributed by atoms with Gasteiger partial charge in [-0.15, -0.1) is 20.4 Å². The summed E-state index contributed by atoms with van der Waals surface area (Å²) in [5.74, 6) is 1.59. The molecule has 20 heteroatoms. The van der Waals surface area contributed by atoms with Crippen molar-refractivity contribution in [3.8, 4) is 23.0 Å². The van der Waals surface area contributed by atoms with E-state index in [1.165, 1.54) is 0 Å². The highest BCUT2D eigenvalue weighted by Gasteiger charge is 2.36. The summed E-state index contributed by atoms with van der Waals surface area (Å²) in [4.78, 5) is 52.1. The summed E-state index contributed by atoms with van der Waals surface area (Å²) >= 11 is 0. The topological polar surface area (TPSA) is 228 Å². The van der Waals surface area contributed by atoms with Gasteiger partial charge in [-0.3, -0.25) is 37.9 Å². The molecular weight excluding hydrogens is 1220 g/mol. The van der Waals surface area contributed by atoms with E-state index in [-0.39, 0.29) is 75.7 Å². The molecule has 12 rings (SSSR count). The summed E-state index contributed by atoms with van der Waals surface area (Å²) in [6.07, 6.45) is 20.5. The van der Waals surface area contributed by atoms with Crippen molar-refractivity contribution in [2.45, 2.75) is 52.6 Å². The Morgan fingerprint density at radius 1 is 0.289 bits per heavy atom. The average Bonchev–Trinajstić information content (AvgIpc) is 1.71. The SMILES string of the molecule is O=C(/C=C/c1ccccc1)c1ccc(OCc2cn(CC(Cn3cc(COc4ccc(C(=O)/C=C/c5ccccc5)cc4)nn3)(Cn3cc(COc4ccc(C(=O)/C=C/c5ccccc5)cc4)nn3)Cn3cc(COc4ccc(C(=O)/C=C/c5ccccc5)cc4)nn3)nn2)cc1. The lowest BCUT2D eigenvalue weighted by atomic mass is 9.87. The van der Waals surface area contributed by atoms with Crippen LogP contribution in [0.1, 0.15) is 86.5 Å². The van der Waals surface area contributed by atoms with Gasteiger partial charge in [0.05, 0.1) is 51.0 Å². The van der Waals surface area contributed by atoms with Crippen molar-refractivity contribution in [1.82, 2.24) is 60.0 Å². The molecule has 0 amide bonds. The molecule has 0 aliphatic rings. The summed E-state index contributed by atoms with van der Waals surface area (Å²) in [6, 6.07) is 66.2. The van der Waals surface area contributed by atoms with Crippen LogP contribution in [0.2, 0.25) is 0 Å². The predicted molar refractivity (Wildman–Crippen MR) is 365 cm³/mol. The van der Waals surface area contributed by atoms with Crippen molar-refractivity contribution in [3.05, 3.63) is 335 Å². The second-order valence-electron chi connectivity index (χ2n) is 22.8. The maximum atomic E-state index is 13.0. The first-order valence-electron chi connectivity index (χ1n) is 31.1. The minimum absolute atomic E-state index is 0.0680. The second-order valence-corrected chi connectivity index (χ2v) is 22.8. The van der Waals surface area contributed by atoms with Gasteiger partial charge in [-0.25, -0.2) is 0 Å². The molecule has 0 fully saturated rings. The van der Waals surface area contributed by atoms with Crippen LogP contribution in [-0.4, -0.2) is 83.1 Å². The molecule has 0 aliphatic carbocycles. The third-order valence-corrected chi connectivity index (χ3v) is 15.3. The van der Waals surface area contributed by atoms with E-state index in [9.17, 15) is 19.2 Å². The summed E-state index contributed by atoms with van der Waals surface area (Å²) < 4.78 is 31.6. The molecule has 0 saturated carbocycles. The van der Waals surface area contributed by atoms with E-state index >= 15 is 0 Å². The van der Waals surface area contributed by atoms with E-state index in [4.69, 9.17) is 18.9 Å². The van der Waals surface area contributed by atoms with Gasteiger partial charge >= 0.3 is 0 Å². The molecule has 0 N–H and O–H groups in total. The third-order valence-electron chi connectivity index (χ3n) is 15.3. The van der Waals surface area contributed by atoms with E-state index < -0.39 is 5.41 Å². The Kier molecular flexibility index (Phi) is 21.0. The molecule has 0 atom stereocenters. The molecule has 0 radical (unpaired) electrons. The van der Waals surface area contributed by atoms with Crippen molar-refractivity contribution in [1.29, 1.82) is 0 Å². The minimum atomic E-state index is -0.932. The highest BCUT2D eigenvalue weighted by molar-refractivity contribution is 6.08. The lowest BCUT2D eigenvalue weighted by Gasteiger charge is -2.33. The van der Waals surface area contributed by atoms with Crippen LogP contribution in [0.15, 0.2) is 267 Å². The Morgan fingerprint density at radius 2 is 0.495 bits per heavy atom. The van der Waals surface area contributed by atoms with Gasteiger partial charge in [0.1, 0.15) is 72.2 Å². The normalized spacial score (nSPS) is 11.6. The van der Waals surface area contributed by atoms with Gasteiger partial charge in [-0.2, -0.15) is 0 Å². The number of carbonyl (C=O) groups excluding carboxylic acids is 4. The first kappa shape index (κ1) is 64.3. The van der Waals surface area contributed by atoms with Crippen LogP contribution in [0, 0.1) is 5.41 Å². The highest BCUT2D eigenvalue weighted by Crippen LogP contribution is 2.29. The van der Waals surface area contributed by atoms with E-state index in [1.54, 1.807) is 189 Å². The standard InChI is InChI=1S/C77H64N12O8/c90-73(41-21-57-13-5-1-6-14-57)61-25-33-69(34-26-61)94-49-65-45-86(82-78-65)53-77(54-87-46-66(79-83-87)50-95-70-35-27-62(28-36-70)74(91)42-22-58-15-7-2-8-16-58,55-88-47-67(80-84-88)51-96-71-37-29-63(30-38-71)75(92)43-23-59-17-9-3-10-18-59)56-89-48-68(81-85-89)52-97-72-39-31-64(32-40-72)76(93)44-24-60-19-11-4-12-20-60/h1-48H,49-56H2/b41-21+,42-22+,43-23+,44-24+. The van der Waals surface area contributed by atoms with Gasteiger partial charge in [0.15, 0.2) is 23.1 Å². The molecule has 8 aromatic carbocycles. The van der Waals surface area contributed by atoms with Crippen LogP contribution >= 0.6 is 0 Å². The predicted octanol–water partition coefficient (Wildman–Crippen LogP) is 13.0. The lowest BCUT2D eigenvalue weighted by molar-refractivity contribution is 0.103. The van der Waals surface area contributed by atoms with Gasteiger partial charge in [0, 0.05) is 27.7 Å². The molecule has 0 aliphatic heterocycles. The Morgan fingerprint density at radius 3 is 0.701 bits per heavy atom. The number of ketones is 4. The van der Waals surface area contributed by atoms with E-state index in [0.717, 1.165) is 22.3 Å². The Labute approximate surface area is 558 Å². The fourth-order valence-electron chi connectivity index (χ4n) is 10.4. The van der Waals surface area contributed by atoms with Crippen molar-refractivity contribution in [2.75, 3.05) is 0 Å². The van der Waals surface area contributed by atoms with E-state index in [2.05, 4.69) is 41.2 Å². The number of ether oxygens (including phenoxy) is 4. The van der Waals surface area contributed by atoms with Crippen molar-refractivity contribution in [2.24, 2.45) is 5.41 Å². The molecule has 4 aromatic heterocycles. The number of aromatic nitrogens is 12. The van der Waals surface area contributed by atoms with Gasteiger partial charge in [0.25, 0.3) is 0 Å². The molecule has 20 nitrogen and oxygen atoms in total. The summed E-state index contributed by atoms with van der Waals surface area (Å²) in [7, 11) is 0. The molecule has 0 spiro atoms. The smallest absolute Gasteiger partial charge is 0.185 e. The first-order chi connectivity index (χ1) is 47.6. The zero-order valence-electron chi connectivity index (χ0n) is 52.5. The fraction of sp³-hybridized carbons (Fsp3) is 0.117. The fourth-order valence-corrected chi connectivity index (χ4v) is 10.4. The highest BCUT2D eigenvalue weighted by atomic mass is 16.5.